The molecule has 8 nitrogen and oxygen atoms in total. The van der Waals surface area contributed by atoms with E-state index in [1.54, 1.807) is 6.07 Å². The number of hydrogen-bond acceptors (Lipinski definition) is 5. The highest BCUT2D eigenvalue weighted by Crippen LogP contribution is 2.22. The van der Waals surface area contributed by atoms with Crippen LogP contribution in [0.5, 0.6) is 0 Å². The maximum absolute atomic E-state index is 13.4. The minimum atomic E-state index is -1.01. The monoisotopic (exact) mass is 382 g/mol. The van der Waals surface area contributed by atoms with Gasteiger partial charge in [0.1, 0.15) is 6.54 Å². The maximum atomic E-state index is 13.4. The zero-order valence-corrected chi connectivity index (χ0v) is 14.8. The summed E-state index contributed by atoms with van der Waals surface area (Å²) in [6, 6.07) is 13.3. The fourth-order valence-corrected chi connectivity index (χ4v) is 2.63. The predicted octanol–water partition coefficient (Wildman–Crippen LogP) is 2.90. The SMILES string of the molecule is Cc1ccccc1-c1ccc(=O)n(CC(=O)Nc2ccc(F)c([N+](=O)[O-])c2)n1. The fourth-order valence-electron chi connectivity index (χ4n) is 2.63. The predicted molar refractivity (Wildman–Crippen MR) is 100 cm³/mol. The van der Waals surface area contributed by atoms with Crippen LogP contribution in [0.15, 0.2) is 59.4 Å². The normalized spacial score (nSPS) is 10.5. The molecule has 0 fully saturated rings. The first-order valence-corrected chi connectivity index (χ1v) is 8.23. The molecule has 142 valence electrons. The Bertz CT molecular complexity index is 1130. The zero-order chi connectivity index (χ0) is 20.3. The van der Waals surface area contributed by atoms with E-state index in [1.807, 2.05) is 31.2 Å². The second kappa shape index (κ2) is 7.78. The van der Waals surface area contributed by atoms with E-state index in [2.05, 4.69) is 10.4 Å². The number of carbonyl (C=O) groups is 1. The van der Waals surface area contributed by atoms with Crippen LogP contribution in [0, 0.1) is 22.9 Å². The van der Waals surface area contributed by atoms with Gasteiger partial charge in [-0.1, -0.05) is 24.3 Å². The number of halogens is 1. The van der Waals surface area contributed by atoms with Gasteiger partial charge in [-0.15, -0.1) is 0 Å². The first-order chi connectivity index (χ1) is 13.3. The van der Waals surface area contributed by atoms with Crippen molar-refractivity contribution in [2.75, 3.05) is 5.32 Å². The van der Waals surface area contributed by atoms with Gasteiger partial charge in [0.15, 0.2) is 0 Å². The molecule has 0 aliphatic carbocycles. The van der Waals surface area contributed by atoms with Crippen molar-refractivity contribution >= 4 is 17.3 Å². The Morgan fingerprint density at radius 1 is 1.21 bits per heavy atom. The quantitative estimate of drug-likeness (QED) is 0.539. The third-order valence-electron chi connectivity index (χ3n) is 4.01. The lowest BCUT2D eigenvalue weighted by Crippen LogP contribution is -2.29. The van der Waals surface area contributed by atoms with Gasteiger partial charge in [0.25, 0.3) is 5.56 Å². The van der Waals surface area contributed by atoms with Gasteiger partial charge in [-0.2, -0.15) is 9.49 Å². The van der Waals surface area contributed by atoms with Crippen LogP contribution < -0.4 is 10.9 Å². The maximum Gasteiger partial charge on any atom is 0.306 e. The number of benzene rings is 2. The lowest BCUT2D eigenvalue weighted by molar-refractivity contribution is -0.387. The van der Waals surface area contributed by atoms with E-state index in [9.17, 15) is 24.1 Å². The minimum Gasteiger partial charge on any atom is -0.324 e. The molecular formula is C19H15FN4O4. The van der Waals surface area contributed by atoms with Crippen molar-refractivity contribution in [3.63, 3.8) is 0 Å². The van der Waals surface area contributed by atoms with E-state index in [4.69, 9.17) is 0 Å². The van der Waals surface area contributed by atoms with Crippen LogP contribution in [0.1, 0.15) is 5.56 Å². The van der Waals surface area contributed by atoms with Crippen molar-refractivity contribution in [3.05, 3.63) is 86.4 Å². The molecule has 0 unspecified atom stereocenters. The van der Waals surface area contributed by atoms with Gasteiger partial charge in [0.05, 0.1) is 10.6 Å². The molecule has 1 N–H and O–H groups in total. The largest absolute Gasteiger partial charge is 0.324 e. The number of hydrogen-bond donors (Lipinski definition) is 1. The molecule has 0 saturated heterocycles. The Morgan fingerprint density at radius 3 is 2.68 bits per heavy atom. The third kappa shape index (κ3) is 4.09. The molecule has 0 bridgehead atoms. The average molecular weight is 382 g/mol. The van der Waals surface area contributed by atoms with Gasteiger partial charge < -0.3 is 5.32 Å². The third-order valence-corrected chi connectivity index (χ3v) is 4.01. The summed E-state index contributed by atoms with van der Waals surface area (Å²) in [6.07, 6.45) is 0. The first-order valence-electron chi connectivity index (χ1n) is 8.23. The van der Waals surface area contributed by atoms with Crippen molar-refractivity contribution in [1.29, 1.82) is 0 Å². The summed E-state index contributed by atoms with van der Waals surface area (Å²) >= 11 is 0. The number of nitro benzene ring substituents is 1. The standard InChI is InChI=1S/C19H15FN4O4/c1-12-4-2-3-5-14(12)16-8-9-19(26)23(22-16)11-18(25)21-13-6-7-15(20)17(10-13)24(27)28/h2-10H,11H2,1H3,(H,21,25). The molecule has 3 aromatic rings. The molecule has 2 aromatic carbocycles. The number of nitrogens with one attached hydrogen (secondary N) is 1. The van der Waals surface area contributed by atoms with Crippen LogP contribution in [0.4, 0.5) is 15.8 Å². The average Bonchev–Trinajstić information content (AvgIpc) is 2.65. The summed E-state index contributed by atoms with van der Waals surface area (Å²) in [7, 11) is 0. The number of carbonyl (C=O) groups excluding carboxylic acids is 1. The number of nitro groups is 1. The lowest BCUT2D eigenvalue weighted by Gasteiger charge is -2.09. The topological polar surface area (TPSA) is 107 Å². The Balaban J connectivity index is 1.82. The number of rotatable bonds is 5. The Morgan fingerprint density at radius 2 is 1.96 bits per heavy atom. The molecule has 0 atom stereocenters. The van der Waals surface area contributed by atoms with Gasteiger partial charge in [0.2, 0.25) is 11.7 Å². The smallest absolute Gasteiger partial charge is 0.306 e. The summed E-state index contributed by atoms with van der Waals surface area (Å²) in [5, 5.41) is 17.4. The van der Waals surface area contributed by atoms with Gasteiger partial charge in [0, 0.05) is 23.4 Å². The van der Waals surface area contributed by atoms with Crippen molar-refractivity contribution in [1.82, 2.24) is 9.78 Å². The highest BCUT2D eigenvalue weighted by molar-refractivity contribution is 5.90. The summed E-state index contributed by atoms with van der Waals surface area (Å²) in [6.45, 7) is 1.50. The highest BCUT2D eigenvalue weighted by Gasteiger charge is 2.16. The van der Waals surface area contributed by atoms with Gasteiger partial charge in [-0.25, -0.2) is 4.68 Å². The van der Waals surface area contributed by atoms with Crippen molar-refractivity contribution in [2.45, 2.75) is 13.5 Å². The van der Waals surface area contributed by atoms with Crippen molar-refractivity contribution in [2.24, 2.45) is 0 Å². The van der Waals surface area contributed by atoms with Gasteiger partial charge >= 0.3 is 5.69 Å². The molecule has 0 spiro atoms. The Labute approximate surface area is 158 Å². The second-order valence-corrected chi connectivity index (χ2v) is 6.00. The molecule has 1 heterocycles. The van der Waals surface area contributed by atoms with Crippen LogP contribution in [0.3, 0.4) is 0 Å². The fraction of sp³-hybridized carbons (Fsp3) is 0.105. The van der Waals surface area contributed by atoms with Crippen LogP contribution in [0.25, 0.3) is 11.3 Å². The van der Waals surface area contributed by atoms with Crippen LogP contribution in [-0.2, 0) is 11.3 Å². The first kappa shape index (κ1) is 18.9. The van der Waals surface area contributed by atoms with E-state index < -0.39 is 34.4 Å². The summed E-state index contributed by atoms with van der Waals surface area (Å²) in [4.78, 5) is 34.2. The number of nitrogens with zero attached hydrogens (tertiary/aromatic N) is 3. The molecular weight excluding hydrogens is 367 g/mol. The summed E-state index contributed by atoms with van der Waals surface area (Å²) in [5.41, 5.74) is 1.13. The second-order valence-electron chi connectivity index (χ2n) is 6.00. The summed E-state index contributed by atoms with van der Waals surface area (Å²) < 4.78 is 14.4. The highest BCUT2D eigenvalue weighted by atomic mass is 19.1. The lowest BCUT2D eigenvalue weighted by atomic mass is 10.1. The number of anilines is 1. The molecule has 9 heteroatoms. The van der Waals surface area contributed by atoms with E-state index >= 15 is 0 Å². The van der Waals surface area contributed by atoms with E-state index in [-0.39, 0.29) is 5.69 Å². The number of aryl methyl sites for hydroxylation is 1. The Hall–Kier alpha value is -3.88. The van der Waals surface area contributed by atoms with Gasteiger partial charge in [-0.05, 0) is 30.7 Å². The molecule has 1 amide bonds. The summed E-state index contributed by atoms with van der Waals surface area (Å²) in [5.74, 6) is -1.63. The van der Waals surface area contributed by atoms with E-state index in [0.717, 1.165) is 27.9 Å². The molecule has 0 saturated carbocycles. The molecule has 3 rings (SSSR count). The van der Waals surface area contributed by atoms with Crippen LogP contribution in [-0.4, -0.2) is 20.6 Å². The molecule has 28 heavy (non-hydrogen) atoms. The molecule has 1 aromatic heterocycles. The number of amides is 1. The van der Waals surface area contributed by atoms with Crippen LogP contribution >= 0.6 is 0 Å². The molecule has 0 radical (unpaired) electrons. The van der Waals surface area contributed by atoms with Crippen molar-refractivity contribution in [3.8, 4) is 11.3 Å². The van der Waals surface area contributed by atoms with E-state index in [1.165, 1.54) is 12.1 Å². The Kier molecular flexibility index (Phi) is 5.25. The van der Waals surface area contributed by atoms with Crippen molar-refractivity contribution < 1.29 is 14.1 Å². The minimum absolute atomic E-state index is 0.0428. The zero-order valence-electron chi connectivity index (χ0n) is 14.8. The van der Waals surface area contributed by atoms with E-state index in [0.29, 0.717) is 5.69 Å². The molecule has 0 aliphatic heterocycles. The van der Waals surface area contributed by atoms with Crippen LogP contribution in [0.2, 0.25) is 0 Å². The molecule has 0 aliphatic rings. The van der Waals surface area contributed by atoms with Gasteiger partial charge in [-0.3, -0.25) is 19.7 Å². The number of aromatic nitrogens is 2.